The second-order valence-corrected chi connectivity index (χ2v) is 9.04. The highest BCUT2D eigenvalue weighted by Gasteiger charge is 2.39. The molecule has 10 heteroatoms. The Balaban J connectivity index is 1.83. The summed E-state index contributed by atoms with van der Waals surface area (Å²) in [7, 11) is -4.14. The van der Waals surface area contributed by atoms with Crippen molar-refractivity contribution in [1.82, 2.24) is 10.0 Å². The largest absolute Gasteiger partial charge is 0.318 e. The number of sulfonamides is 1. The number of carbonyl (C=O) groups is 1. The van der Waals surface area contributed by atoms with Crippen molar-refractivity contribution in [2.75, 3.05) is 5.75 Å². The zero-order valence-electron chi connectivity index (χ0n) is 13.9. The van der Waals surface area contributed by atoms with Crippen LogP contribution in [0.2, 0.25) is 10.0 Å². The molecule has 3 rings (SSSR count). The fraction of sp³-hybridized carbons (Fsp3) is 0.176. The van der Waals surface area contributed by atoms with Crippen molar-refractivity contribution in [2.24, 2.45) is 4.99 Å². The molecule has 0 spiro atoms. The minimum atomic E-state index is -4.14. The lowest BCUT2D eigenvalue weighted by Gasteiger charge is -2.28. The van der Waals surface area contributed by atoms with Crippen LogP contribution < -0.4 is 10.0 Å². The number of benzene rings is 2. The molecular weight excluding hydrogens is 429 g/mol. The van der Waals surface area contributed by atoms with Gasteiger partial charge in [-0.25, -0.2) is 13.4 Å². The van der Waals surface area contributed by atoms with Gasteiger partial charge in [0.05, 0.1) is 27.8 Å². The summed E-state index contributed by atoms with van der Waals surface area (Å²) in [5.41, 5.74) is 2.29. The van der Waals surface area contributed by atoms with Crippen LogP contribution in [-0.4, -0.2) is 31.4 Å². The minimum Gasteiger partial charge on any atom is -0.318 e. The standard InChI is InChI=1S/C17H15Cl2N3O3S2/c18-13-7-4-8-14(19)16(13)27(24,25)22-17(10-26-11-20-17)21-15(23)9-12-5-2-1-3-6-12/h1-8,11,22H,9-10H2,(H,21,23). The second-order valence-electron chi connectivity index (χ2n) is 5.77. The molecule has 1 unspecified atom stereocenters. The van der Waals surface area contributed by atoms with E-state index in [1.54, 1.807) is 6.07 Å². The number of nitrogens with zero attached hydrogens (tertiary/aromatic N) is 1. The van der Waals surface area contributed by atoms with E-state index in [-0.39, 0.29) is 33.0 Å². The van der Waals surface area contributed by atoms with E-state index in [4.69, 9.17) is 23.2 Å². The quantitative estimate of drug-likeness (QED) is 0.671. The summed E-state index contributed by atoms with van der Waals surface area (Å²) < 4.78 is 28.2. The Morgan fingerprint density at radius 3 is 2.37 bits per heavy atom. The van der Waals surface area contributed by atoms with Gasteiger partial charge in [-0.3, -0.25) is 4.79 Å². The summed E-state index contributed by atoms with van der Waals surface area (Å²) in [5.74, 6) is -1.67. The molecule has 1 heterocycles. The normalized spacial score (nSPS) is 19.2. The van der Waals surface area contributed by atoms with Crippen LogP contribution in [0.5, 0.6) is 0 Å². The zero-order valence-corrected chi connectivity index (χ0v) is 17.0. The van der Waals surface area contributed by atoms with Crippen molar-refractivity contribution in [3.8, 4) is 0 Å². The minimum absolute atomic E-state index is 0.0182. The Labute approximate surface area is 171 Å². The number of rotatable bonds is 6. The fourth-order valence-electron chi connectivity index (χ4n) is 2.54. The van der Waals surface area contributed by atoms with E-state index in [1.165, 1.54) is 29.4 Å². The lowest BCUT2D eigenvalue weighted by Crippen LogP contribution is -2.60. The molecule has 0 radical (unpaired) electrons. The van der Waals surface area contributed by atoms with E-state index in [0.29, 0.717) is 0 Å². The zero-order chi connectivity index (χ0) is 19.5. The van der Waals surface area contributed by atoms with Crippen LogP contribution in [0.25, 0.3) is 0 Å². The summed E-state index contributed by atoms with van der Waals surface area (Å²) in [6.45, 7) is 0. The molecule has 0 fully saturated rings. The van der Waals surface area contributed by atoms with E-state index in [1.807, 2.05) is 30.3 Å². The third kappa shape index (κ3) is 4.83. The first-order chi connectivity index (χ1) is 12.8. The molecule has 0 bridgehead atoms. The van der Waals surface area contributed by atoms with E-state index < -0.39 is 15.8 Å². The first-order valence-electron chi connectivity index (χ1n) is 7.80. The highest BCUT2D eigenvalue weighted by Crippen LogP contribution is 2.31. The van der Waals surface area contributed by atoms with Gasteiger partial charge in [0.1, 0.15) is 4.90 Å². The fourth-order valence-corrected chi connectivity index (χ4v) is 5.80. The molecule has 2 aromatic rings. The van der Waals surface area contributed by atoms with Crippen LogP contribution in [0.1, 0.15) is 5.56 Å². The van der Waals surface area contributed by atoms with Crippen molar-refractivity contribution < 1.29 is 13.2 Å². The van der Waals surface area contributed by atoms with Crippen LogP contribution in [0, 0.1) is 0 Å². The smallest absolute Gasteiger partial charge is 0.247 e. The Kier molecular flexibility index (Phi) is 6.12. The second kappa shape index (κ2) is 8.20. The molecule has 27 heavy (non-hydrogen) atoms. The Hall–Kier alpha value is -1.58. The van der Waals surface area contributed by atoms with Crippen LogP contribution >= 0.6 is 35.0 Å². The van der Waals surface area contributed by atoms with Crippen molar-refractivity contribution in [1.29, 1.82) is 0 Å². The first-order valence-corrected chi connectivity index (χ1v) is 11.1. The van der Waals surface area contributed by atoms with Gasteiger partial charge in [-0.15, -0.1) is 11.8 Å². The number of thioether (sulfide) groups is 1. The average molecular weight is 444 g/mol. The lowest BCUT2D eigenvalue weighted by molar-refractivity contribution is -0.122. The molecular formula is C17H15Cl2N3O3S2. The van der Waals surface area contributed by atoms with Crippen LogP contribution in [0.4, 0.5) is 0 Å². The van der Waals surface area contributed by atoms with Crippen LogP contribution in [0.15, 0.2) is 58.4 Å². The van der Waals surface area contributed by atoms with E-state index in [9.17, 15) is 13.2 Å². The molecule has 0 aromatic heterocycles. The number of amides is 1. The SMILES string of the molecule is O=C(Cc1ccccc1)NC1(NS(=O)(=O)c2c(Cl)cccc2Cl)CSC=N1. The summed E-state index contributed by atoms with van der Waals surface area (Å²) >= 11 is 13.3. The molecule has 1 atom stereocenters. The van der Waals surface area contributed by atoms with E-state index in [0.717, 1.165) is 5.56 Å². The number of hydrogen-bond acceptors (Lipinski definition) is 5. The molecule has 0 saturated heterocycles. The number of nitrogens with one attached hydrogen (secondary N) is 2. The van der Waals surface area contributed by atoms with Gasteiger partial charge in [0.2, 0.25) is 21.7 Å². The highest BCUT2D eigenvalue weighted by molar-refractivity contribution is 8.12. The molecule has 0 saturated carbocycles. The number of hydrogen-bond donors (Lipinski definition) is 2. The van der Waals surface area contributed by atoms with Crippen LogP contribution in [0.3, 0.4) is 0 Å². The number of aliphatic imine (C=N–C) groups is 1. The highest BCUT2D eigenvalue weighted by atomic mass is 35.5. The van der Waals surface area contributed by atoms with Gasteiger partial charge in [0.15, 0.2) is 0 Å². The average Bonchev–Trinajstić information content (AvgIpc) is 3.02. The van der Waals surface area contributed by atoms with Crippen molar-refractivity contribution in [3.63, 3.8) is 0 Å². The maximum atomic E-state index is 12.9. The molecule has 2 aromatic carbocycles. The van der Waals surface area contributed by atoms with Crippen LogP contribution in [-0.2, 0) is 21.2 Å². The molecule has 0 aliphatic carbocycles. The van der Waals surface area contributed by atoms with E-state index in [2.05, 4.69) is 15.0 Å². The van der Waals surface area contributed by atoms with Crippen molar-refractivity contribution >= 4 is 56.4 Å². The molecule has 1 amide bonds. The maximum absolute atomic E-state index is 12.9. The van der Waals surface area contributed by atoms with Gasteiger partial charge in [0, 0.05) is 0 Å². The van der Waals surface area contributed by atoms with Gasteiger partial charge < -0.3 is 5.32 Å². The van der Waals surface area contributed by atoms with Crippen molar-refractivity contribution in [2.45, 2.75) is 17.1 Å². The van der Waals surface area contributed by atoms with Crippen molar-refractivity contribution in [3.05, 3.63) is 64.1 Å². The maximum Gasteiger partial charge on any atom is 0.247 e. The molecule has 142 valence electrons. The Morgan fingerprint density at radius 1 is 1.11 bits per heavy atom. The van der Waals surface area contributed by atoms with E-state index >= 15 is 0 Å². The third-order valence-corrected chi connectivity index (χ3v) is 6.96. The Bertz CT molecular complexity index is 964. The summed E-state index contributed by atoms with van der Waals surface area (Å²) in [6, 6.07) is 13.5. The predicted octanol–water partition coefficient (Wildman–Crippen LogP) is 3.06. The molecule has 6 nitrogen and oxygen atoms in total. The summed E-state index contributed by atoms with van der Waals surface area (Å²) in [6.07, 6.45) is 0.0946. The monoisotopic (exact) mass is 443 g/mol. The molecule has 1 aliphatic heterocycles. The molecule has 1 aliphatic rings. The number of halogens is 2. The topological polar surface area (TPSA) is 87.6 Å². The summed E-state index contributed by atoms with van der Waals surface area (Å²) in [4.78, 5) is 16.3. The van der Waals surface area contributed by atoms with Gasteiger partial charge in [0.25, 0.3) is 0 Å². The van der Waals surface area contributed by atoms with Gasteiger partial charge in [-0.2, -0.15) is 4.72 Å². The number of carbonyl (C=O) groups excluding carboxylic acids is 1. The lowest BCUT2D eigenvalue weighted by atomic mass is 10.1. The third-order valence-electron chi connectivity index (χ3n) is 3.68. The van der Waals surface area contributed by atoms with Gasteiger partial charge in [-0.05, 0) is 17.7 Å². The predicted molar refractivity (Wildman–Crippen MR) is 109 cm³/mol. The van der Waals surface area contributed by atoms with Gasteiger partial charge in [-0.1, -0.05) is 59.6 Å². The first kappa shape index (κ1) is 20.2. The molecule has 2 N–H and O–H groups in total. The Morgan fingerprint density at radius 2 is 1.78 bits per heavy atom. The summed E-state index contributed by atoms with van der Waals surface area (Å²) in [5, 5.41) is 2.64. The van der Waals surface area contributed by atoms with Gasteiger partial charge >= 0.3 is 0 Å².